The van der Waals surface area contributed by atoms with Gasteiger partial charge in [0.25, 0.3) is 5.56 Å². The largest absolute Gasteiger partial charge is 0.328 e. The number of aromatic amines is 1. The van der Waals surface area contributed by atoms with E-state index in [1.165, 1.54) is 32.1 Å². The molecule has 0 aliphatic rings. The average Bonchev–Trinajstić information content (AvgIpc) is 2.42. The zero-order valence-corrected chi connectivity index (χ0v) is 12.5. The number of aryl methyl sites for hydroxylation is 2. The van der Waals surface area contributed by atoms with Crippen molar-refractivity contribution in [3.8, 4) is 0 Å². The third-order valence-corrected chi connectivity index (χ3v) is 3.50. The van der Waals surface area contributed by atoms with Crippen molar-refractivity contribution >= 4 is 0 Å². The Kier molecular flexibility index (Phi) is 7.70. The zero-order chi connectivity index (χ0) is 14.8. The van der Waals surface area contributed by atoms with Crippen molar-refractivity contribution in [1.29, 1.82) is 0 Å². The van der Waals surface area contributed by atoms with Gasteiger partial charge in [0.1, 0.15) is 0 Å². The van der Waals surface area contributed by atoms with E-state index in [9.17, 15) is 9.59 Å². The second-order valence-electron chi connectivity index (χ2n) is 5.32. The maximum Gasteiger partial charge on any atom is 0.328 e. The van der Waals surface area contributed by atoms with Crippen LogP contribution in [0.25, 0.3) is 0 Å². The van der Waals surface area contributed by atoms with Crippen LogP contribution >= 0.6 is 0 Å². The van der Waals surface area contributed by atoms with Crippen molar-refractivity contribution in [2.45, 2.75) is 64.8 Å². The molecular formula is C16H26N2O2. The third kappa shape index (κ3) is 6.04. The summed E-state index contributed by atoms with van der Waals surface area (Å²) in [6.07, 6.45) is 13.1. The number of nitrogens with zero attached hydrogens (tertiary/aromatic N) is 1. The topological polar surface area (TPSA) is 54.9 Å². The first-order chi connectivity index (χ1) is 9.65. The Bertz CT molecular complexity index is 514. The van der Waals surface area contributed by atoms with E-state index in [0.29, 0.717) is 12.1 Å². The molecule has 1 aromatic rings. The molecule has 0 aliphatic heterocycles. The predicted molar refractivity (Wildman–Crippen MR) is 83.2 cm³/mol. The minimum atomic E-state index is -0.301. The zero-order valence-electron chi connectivity index (χ0n) is 12.5. The van der Waals surface area contributed by atoms with Gasteiger partial charge in [0.2, 0.25) is 0 Å². The van der Waals surface area contributed by atoms with Crippen molar-refractivity contribution in [3.05, 3.63) is 45.3 Å². The molecule has 1 heterocycles. The van der Waals surface area contributed by atoms with Crippen LogP contribution in [0.2, 0.25) is 0 Å². The lowest BCUT2D eigenvalue weighted by atomic mass is 10.1. The molecular weight excluding hydrogens is 252 g/mol. The van der Waals surface area contributed by atoms with Gasteiger partial charge in [-0.2, -0.15) is 0 Å². The van der Waals surface area contributed by atoms with Gasteiger partial charge in [-0.1, -0.05) is 38.2 Å². The highest BCUT2D eigenvalue weighted by Crippen LogP contribution is 2.09. The van der Waals surface area contributed by atoms with Gasteiger partial charge in [-0.25, -0.2) is 4.79 Å². The molecule has 0 fully saturated rings. The summed E-state index contributed by atoms with van der Waals surface area (Å²) in [5.41, 5.74) is 0.00242. The Morgan fingerprint density at radius 3 is 2.35 bits per heavy atom. The number of unbranched alkanes of at least 4 members (excludes halogenated alkanes) is 7. The van der Waals surface area contributed by atoms with Gasteiger partial charge in [-0.3, -0.25) is 9.78 Å². The SMILES string of the molecule is C=CCCCCCCCCCn1cc(C)c(=O)[nH]c1=O. The van der Waals surface area contributed by atoms with Gasteiger partial charge in [0.05, 0.1) is 0 Å². The highest BCUT2D eigenvalue weighted by Gasteiger charge is 2.00. The van der Waals surface area contributed by atoms with Gasteiger partial charge < -0.3 is 4.57 Å². The molecule has 0 saturated heterocycles. The summed E-state index contributed by atoms with van der Waals surface area (Å²) in [4.78, 5) is 25.1. The maximum absolute atomic E-state index is 11.6. The molecule has 1 aromatic heterocycles. The highest BCUT2D eigenvalue weighted by molar-refractivity contribution is 5.00. The Balaban J connectivity index is 2.16. The first-order valence-corrected chi connectivity index (χ1v) is 7.56. The summed E-state index contributed by atoms with van der Waals surface area (Å²) < 4.78 is 1.60. The Labute approximate surface area is 120 Å². The van der Waals surface area contributed by atoms with E-state index in [4.69, 9.17) is 0 Å². The van der Waals surface area contributed by atoms with E-state index >= 15 is 0 Å². The molecule has 1 rings (SSSR count). The smallest absolute Gasteiger partial charge is 0.300 e. The molecule has 1 N–H and O–H groups in total. The summed E-state index contributed by atoms with van der Waals surface area (Å²) in [7, 11) is 0. The third-order valence-electron chi connectivity index (χ3n) is 3.50. The minimum Gasteiger partial charge on any atom is -0.300 e. The molecule has 0 bridgehead atoms. The molecule has 0 amide bonds. The molecule has 4 nitrogen and oxygen atoms in total. The average molecular weight is 278 g/mol. The van der Waals surface area contributed by atoms with Gasteiger partial charge >= 0.3 is 5.69 Å². The van der Waals surface area contributed by atoms with E-state index < -0.39 is 0 Å². The van der Waals surface area contributed by atoms with Gasteiger partial charge in [-0.05, 0) is 26.2 Å². The van der Waals surface area contributed by atoms with Gasteiger partial charge in [0, 0.05) is 18.3 Å². The lowest BCUT2D eigenvalue weighted by molar-refractivity contribution is 0.533. The Morgan fingerprint density at radius 1 is 1.10 bits per heavy atom. The molecule has 0 aliphatic carbocycles. The predicted octanol–water partition coefficient (Wildman–Crippen LogP) is 3.15. The molecule has 0 aromatic carbocycles. The van der Waals surface area contributed by atoms with Crippen molar-refractivity contribution in [2.24, 2.45) is 0 Å². The molecule has 0 atom stereocenters. The van der Waals surface area contributed by atoms with Crippen molar-refractivity contribution < 1.29 is 0 Å². The van der Waals surface area contributed by atoms with Crippen LogP contribution in [-0.4, -0.2) is 9.55 Å². The number of rotatable bonds is 10. The van der Waals surface area contributed by atoms with E-state index in [2.05, 4.69) is 11.6 Å². The summed E-state index contributed by atoms with van der Waals surface area (Å²) in [5.74, 6) is 0. The fourth-order valence-corrected chi connectivity index (χ4v) is 2.24. The lowest BCUT2D eigenvalue weighted by Crippen LogP contribution is -2.30. The summed E-state index contributed by atoms with van der Waals surface area (Å²) in [6, 6.07) is 0. The molecule has 0 unspecified atom stereocenters. The van der Waals surface area contributed by atoms with Gasteiger partial charge in [0.15, 0.2) is 0 Å². The molecule has 4 heteroatoms. The molecule has 112 valence electrons. The number of allylic oxidation sites excluding steroid dienone is 1. The van der Waals surface area contributed by atoms with E-state index in [0.717, 1.165) is 19.3 Å². The van der Waals surface area contributed by atoms with Gasteiger partial charge in [-0.15, -0.1) is 6.58 Å². The van der Waals surface area contributed by atoms with Crippen LogP contribution in [0.15, 0.2) is 28.4 Å². The summed E-state index contributed by atoms with van der Waals surface area (Å²) in [6.45, 7) is 6.12. The normalized spacial score (nSPS) is 10.7. The van der Waals surface area contributed by atoms with Crippen molar-refractivity contribution in [1.82, 2.24) is 9.55 Å². The summed E-state index contributed by atoms with van der Waals surface area (Å²) in [5, 5.41) is 0. The lowest BCUT2D eigenvalue weighted by Gasteiger charge is -2.06. The van der Waals surface area contributed by atoms with Crippen molar-refractivity contribution in [3.63, 3.8) is 0 Å². The second-order valence-corrected chi connectivity index (χ2v) is 5.32. The summed E-state index contributed by atoms with van der Waals surface area (Å²) >= 11 is 0. The van der Waals surface area contributed by atoms with E-state index in [1.54, 1.807) is 17.7 Å². The van der Waals surface area contributed by atoms with Crippen LogP contribution < -0.4 is 11.2 Å². The fourth-order valence-electron chi connectivity index (χ4n) is 2.24. The Morgan fingerprint density at radius 2 is 1.70 bits per heavy atom. The number of H-pyrrole nitrogens is 1. The second kappa shape index (κ2) is 9.34. The van der Waals surface area contributed by atoms with Crippen LogP contribution in [0.3, 0.4) is 0 Å². The Hall–Kier alpha value is -1.58. The first kappa shape index (κ1) is 16.5. The van der Waals surface area contributed by atoms with Crippen molar-refractivity contribution in [2.75, 3.05) is 0 Å². The highest BCUT2D eigenvalue weighted by atomic mass is 16.2. The standard InChI is InChI=1S/C16H26N2O2/c1-3-4-5-6-7-8-9-10-11-12-18-13-14(2)15(19)17-16(18)20/h3,13H,1,4-12H2,2H3,(H,17,19,20). The molecule has 0 saturated carbocycles. The van der Waals surface area contributed by atoms with E-state index in [-0.39, 0.29) is 11.2 Å². The van der Waals surface area contributed by atoms with Crippen LogP contribution in [0.4, 0.5) is 0 Å². The molecule has 0 spiro atoms. The molecule has 0 radical (unpaired) electrons. The van der Waals surface area contributed by atoms with E-state index in [1.807, 2.05) is 6.08 Å². The fraction of sp³-hybridized carbons (Fsp3) is 0.625. The van der Waals surface area contributed by atoms with Crippen LogP contribution in [0.1, 0.15) is 56.9 Å². The van der Waals surface area contributed by atoms with Crippen LogP contribution in [0.5, 0.6) is 0 Å². The molecule has 20 heavy (non-hydrogen) atoms. The first-order valence-electron chi connectivity index (χ1n) is 7.56. The number of hydrogen-bond donors (Lipinski definition) is 1. The van der Waals surface area contributed by atoms with Crippen LogP contribution in [0, 0.1) is 6.92 Å². The number of aromatic nitrogens is 2. The van der Waals surface area contributed by atoms with Crippen LogP contribution in [-0.2, 0) is 6.54 Å². The number of nitrogens with one attached hydrogen (secondary N) is 1. The quantitative estimate of drug-likeness (QED) is 0.528. The number of hydrogen-bond acceptors (Lipinski definition) is 2. The monoisotopic (exact) mass is 278 g/mol. The minimum absolute atomic E-state index is 0.286. The maximum atomic E-state index is 11.6.